The molecule has 0 aliphatic carbocycles. The van der Waals surface area contributed by atoms with E-state index in [1.165, 1.54) is 0 Å². The van der Waals surface area contributed by atoms with Gasteiger partial charge in [0.25, 0.3) is 0 Å². The van der Waals surface area contributed by atoms with Gasteiger partial charge in [0, 0.05) is 26.5 Å². The normalized spacial score (nSPS) is 19.4. The number of carbonyl (C=O) groups excluding carboxylic acids is 1. The average Bonchev–Trinajstić information content (AvgIpc) is 3.20. The maximum absolute atomic E-state index is 13.2. The Morgan fingerprint density at radius 2 is 1.93 bits per heavy atom. The first-order chi connectivity index (χ1) is 13.0. The van der Waals surface area contributed by atoms with Crippen molar-refractivity contribution in [3.05, 3.63) is 75.4 Å². The van der Waals surface area contributed by atoms with Gasteiger partial charge in [-0.05, 0) is 42.8 Å². The van der Waals surface area contributed by atoms with Crippen molar-refractivity contribution in [1.29, 1.82) is 5.26 Å². The van der Waals surface area contributed by atoms with Gasteiger partial charge < -0.3 is 9.72 Å². The topological polar surface area (TPSA) is 65.9 Å². The van der Waals surface area contributed by atoms with Crippen molar-refractivity contribution in [3.8, 4) is 6.07 Å². The number of carbonyl (C=O) groups is 1. The Morgan fingerprint density at radius 1 is 1.15 bits per heavy atom. The summed E-state index contributed by atoms with van der Waals surface area (Å²) < 4.78 is 6.19. The minimum absolute atomic E-state index is 0.00511. The summed E-state index contributed by atoms with van der Waals surface area (Å²) in [6.45, 7) is 1.85. The average molecular weight is 397 g/mol. The van der Waals surface area contributed by atoms with Crippen LogP contribution in [0.4, 0.5) is 0 Å². The number of fused-ring (bicyclic) bond motifs is 1. The molecule has 1 aliphatic rings. The standard InChI is InChI=1S/C21H14Cl2N2O2/c1-2-21(13-4-3-5-14(22)10-13)20(26)16(11-24)19(27-21)18-9-12-8-15(23)6-7-17(12)25-18/h3-10,25H,2H2,1H3. The summed E-state index contributed by atoms with van der Waals surface area (Å²) in [5.74, 6) is -0.113. The lowest BCUT2D eigenvalue weighted by atomic mass is 9.85. The summed E-state index contributed by atoms with van der Waals surface area (Å²) in [6, 6.07) is 16.2. The molecule has 4 rings (SSSR count). The molecule has 4 nitrogen and oxygen atoms in total. The lowest BCUT2D eigenvalue weighted by Crippen LogP contribution is -2.33. The number of aromatic nitrogens is 1. The summed E-state index contributed by atoms with van der Waals surface area (Å²) in [5.41, 5.74) is 0.764. The van der Waals surface area contributed by atoms with Gasteiger partial charge in [-0.1, -0.05) is 42.3 Å². The molecule has 1 aromatic heterocycles. The van der Waals surface area contributed by atoms with Crippen LogP contribution in [0.25, 0.3) is 16.7 Å². The molecule has 1 aliphatic heterocycles. The molecule has 0 saturated carbocycles. The Bertz CT molecular complexity index is 1160. The molecule has 3 aromatic rings. The van der Waals surface area contributed by atoms with Crippen LogP contribution < -0.4 is 0 Å². The van der Waals surface area contributed by atoms with E-state index in [1.807, 2.05) is 31.2 Å². The van der Waals surface area contributed by atoms with Gasteiger partial charge in [-0.25, -0.2) is 0 Å². The highest BCUT2D eigenvalue weighted by atomic mass is 35.5. The summed E-state index contributed by atoms with van der Waals surface area (Å²) >= 11 is 12.2. The van der Waals surface area contributed by atoms with Crippen LogP contribution in [0.5, 0.6) is 0 Å². The Balaban J connectivity index is 1.86. The second-order valence-corrected chi connectivity index (χ2v) is 7.23. The Hall–Kier alpha value is -2.74. The number of Topliss-reactive ketones (excluding diaryl/α,β-unsaturated/α-hetero) is 1. The van der Waals surface area contributed by atoms with Crippen LogP contribution in [-0.4, -0.2) is 10.8 Å². The van der Waals surface area contributed by atoms with Crippen molar-refractivity contribution in [1.82, 2.24) is 4.98 Å². The predicted molar refractivity (Wildman–Crippen MR) is 105 cm³/mol. The van der Waals surface area contributed by atoms with Gasteiger partial charge in [-0.15, -0.1) is 0 Å². The van der Waals surface area contributed by atoms with E-state index >= 15 is 0 Å². The number of hydrogen-bond acceptors (Lipinski definition) is 3. The lowest BCUT2D eigenvalue weighted by molar-refractivity contribution is -0.130. The second-order valence-electron chi connectivity index (χ2n) is 6.35. The van der Waals surface area contributed by atoms with E-state index in [2.05, 4.69) is 4.98 Å². The van der Waals surface area contributed by atoms with E-state index in [0.29, 0.717) is 27.7 Å². The largest absolute Gasteiger partial charge is 0.471 e. The molecule has 2 heterocycles. The van der Waals surface area contributed by atoms with Gasteiger partial charge in [-0.2, -0.15) is 5.26 Å². The van der Waals surface area contributed by atoms with Gasteiger partial charge >= 0.3 is 0 Å². The van der Waals surface area contributed by atoms with Crippen molar-refractivity contribution in [3.63, 3.8) is 0 Å². The van der Waals surface area contributed by atoms with Gasteiger partial charge in [0.15, 0.2) is 11.4 Å². The number of nitrogens with one attached hydrogen (secondary N) is 1. The summed E-state index contributed by atoms with van der Waals surface area (Å²) in [4.78, 5) is 16.4. The zero-order chi connectivity index (χ0) is 19.2. The molecule has 27 heavy (non-hydrogen) atoms. The van der Waals surface area contributed by atoms with Crippen LogP contribution in [-0.2, 0) is 15.1 Å². The number of ketones is 1. The SMILES string of the molecule is CCC1(c2cccc(Cl)c2)OC(c2cc3cc(Cl)ccc3[nH]2)=C(C#N)C1=O. The summed E-state index contributed by atoms with van der Waals surface area (Å²) in [5, 5.41) is 11.6. The van der Waals surface area contributed by atoms with E-state index in [4.69, 9.17) is 27.9 Å². The van der Waals surface area contributed by atoms with Gasteiger partial charge in [-0.3, -0.25) is 4.79 Å². The van der Waals surface area contributed by atoms with Crippen LogP contribution in [0.1, 0.15) is 24.6 Å². The van der Waals surface area contributed by atoms with E-state index in [1.54, 1.807) is 30.3 Å². The third kappa shape index (κ3) is 2.71. The number of H-pyrrole nitrogens is 1. The molecule has 1 atom stereocenters. The zero-order valence-electron chi connectivity index (χ0n) is 14.3. The van der Waals surface area contributed by atoms with Crippen LogP contribution in [0.2, 0.25) is 10.0 Å². The maximum atomic E-state index is 13.2. The first-order valence-electron chi connectivity index (χ1n) is 8.41. The number of aromatic amines is 1. The number of ether oxygens (including phenoxy) is 1. The quantitative estimate of drug-likeness (QED) is 0.624. The molecular weight excluding hydrogens is 383 g/mol. The number of nitrogens with zero attached hydrogens (tertiary/aromatic N) is 1. The van der Waals surface area contributed by atoms with Gasteiger partial charge in [0.2, 0.25) is 5.78 Å². The number of hydrogen-bond donors (Lipinski definition) is 1. The monoisotopic (exact) mass is 396 g/mol. The molecule has 6 heteroatoms. The molecule has 1 unspecified atom stereocenters. The highest BCUT2D eigenvalue weighted by Gasteiger charge is 2.50. The molecule has 0 radical (unpaired) electrons. The molecule has 0 fully saturated rings. The molecular formula is C21H14Cl2N2O2. The van der Waals surface area contributed by atoms with Gasteiger partial charge in [0.05, 0.1) is 5.69 Å². The Kier molecular flexibility index (Phi) is 4.22. The fourth-order valence-corrected chi connectivity index (χ4v) is 3.83. The van der Waals surface area contributed by atoms with Crippen molar-refractivity contribution in [2.45, 2.75) is 18.9 Å². The smallest absolute Gasteiger partial charge is 0.225 e. The van der Waals surface area contributed by atoms with E-state index in [0.717, 1.165) is 10.9 Å². The van der Waals surface area contributed by atoms with Crippen molar-refractivity contribution in [2.75, 3.05) is 0 Å². The molecule has 0 spiro atoms. The van der Waals surface area contributed by atoms with Crippen molar-refractivity contribution >= 4 is 45.6 Å². The number of halogens is 2. The lowest BCUT2D eigenvalue weighted by Gasteiger charge is -2.27. The van der Waals surface area contributed by atoms with E-state index < -0.39 is 5.60 Å². The Labute approximate surface area is 166 Å². The zero-order valence-corrected chi connectivity index (χ0v) is 15.9. The summed E-state index contributed by atoms with van der Waals surface area (Å²) in [6.07, 6.45) is 0.368. The molecule has 0 bridgehead atoms. The molecule has 1 N–H and O–H groups in total. The van der Waals surface area contributed by atoms with Crippen LogP contribution in [0, 0.1) is 11.3 Å². The first-order valence-corrected chi connectivity index (χ1v) is 9.17. The Morgan fingerprint density at radius 3 is 2.63 bits per heavy atom. The second kappa shape index (κ2) is 6.45. The molecule has 2 aromatic carbocycles. The van der Waals surface area contributed by atoms with Crippen LogP contribution >= 0.6 is 23.2 Å². The van der Waals surface area contributed by atoms with Crippen LogP contribution in [0.3, 0.4) is 0 Å². The van der Waals surface area contributed by atoms with Crippen molar-refractivity contribution < 1.29 is 9.53 Å². The molecule has 134 valence electrons. The van der Waals surface area contributed by atoms with E-state index in [-0.39, 0.29) is 17.1 Å². The third-order valence-electron chi connectivity index (χ3n) is 4.83. The fourth-order valence-electron chi connectivity index (χ4n) is 3.46. The fraction of sp³-hybridized carbons (Fsp3) is 0.143. The van der Waals surface area contributed by atoms with Crippen molar-refractivity contribution in [2.24, 2.45) is 0 Å². The third-order valence-corrected chi connectivity index (χ3v) is 5.30. The number of nitriles is 1. The summed E-state index contributed by atoms with van der Waals surface area (Å²) in [7, 11) is 0. The van der Waals surface area contributed by atoms with Crippen LogP contribution in [0.15, 0.2) is 54.1 Å². The number of benzene rings is 2. The molecule has 0 amide bonds. The molecule has 0 saturated heterocycles. The highest BCUT2D eigenvalue weighted by Crippen LogP contribution is 2.45. The van der Waals surface area contributed by atoms with E-state index in [9.17, 15) is 10.1 Å². The number of rotatable bonds is 3. The predicted octanol–water partition coefficient (Wildman–Crippen LogP) is 5.61. The first kappa shape index (κ1) is 17.7. The minimum atomic E-state index is -1.26. The van der Waals surface area contributed by atoms with Gasteiger partial charge in [0.1, 0.15) is 11.6 Å². The highest BCUT2D eigenvalue weighted by molar-refractivity contribution is 6.31. The minimum Gasteiger partial charge on any atom is -0.471 e. The maximum Gasteiger partial charge on any atom is 0.225 e.